The van der Waals surface area contributed by atoms with Crippen LogP contribution >= 0.6 is 11.8 Å². The molecule has 1 rings (SSSR count). The summed E-state index contributed by atoms with van der Waals surface area (Å²) in [6.07, 6.45) is 1.09. The molecule has 0 aliphatic carbocycles. The molecule has 1 N–H and O–H groups in total. The average Bonchev–Trinajstić information content (AvgIpc) is 2.32. The monoisotopic (exact) mass is 268 g/mol. The summed E-state index contributed by atoms with van der Waals surface area (Å²) in [6.45, 7) is 6.18. The topological polar surface area (TPSA) is 55.2 Å². The van der Waals surface area contributed by atoms with Crippen LogP contribution in [-0.2, 0) is 0 Å². The van der Waals surface area contributed by atoms with E-state index in [-0.39, 0.29) is 10.6 Å². The Labute approximate surface area is 112 Å². The minimum Gasteiger partial charge on any atom is -0.382 e. The molecule has 0 fully saturated rings. The van der Waals surface area contributed by atoms with E-state index < -0.39 is 0 Å². The molecule has 0 bridgehead atoms. The molecule has 100 valence electrons. The van der Waals surface area contributed by atoms with Gasteiger partial charge in [-0.3, -0.25) is 10.1 Å². The summed E-state index contributed by atoms with van der Waals surface area (Å²) in [6, 6.07) is 5.32. The highest BCUT2D eigenvalue weighted by Crippen LogP contribution is 2.22. The third-order valence-electron chi connectivity index (χ3n) is 2.72. The molecule has 5 heteroatoms. The summed E-state index contributed by atoms with van der Waals surface area (Å²) >= 11 is 1.93. The maximum absolute atomic E-state index is 10.6. The van der Waals surface area contributed by atoms with Crippen LogP contribution in [0.3, 0.4) is 0 Å². The predicted molar refractivity (Wildman–Crippen MR) is 78.5 cm³/mol. The lowest BCUT2D eigenvalue weighted by atomic mass is 10.1. The first-order chi connectivity index (χ1) is 8.54. The third kappa shape index (κ3) is 4.56. The van der Waals surface area contributed by atoms with Crippen molar-refractivity contribution in [3.63, 3.8) is 0 Å². The fraction of sp³-hybridized carbons (Fsp3) is 0.538. The van der Waals surface area contributed by atoms with Crippen LogP contribution in [0.1, 0.15) is 25.8 Å². The number of hydrogen-bond donors (Lipinski definition) is 1. The Kier molecular flexibility index (Phi) is 5.98. The molecule has 18 heavy (non-hydrogen) atoms. The van der Waals surface area contributed by atoms with Crippen molar-refractivity contribution in [2.75, 3.05) is 16.8 Å². The summed E-state index contributed by atoms with van der Waals surface area (Å²) in [5.41, 5.74) is 2.04. The van der Waals surface area contributed by atoms with Gasteiger partial charge in [0.05, 0.1) is 4.92 Å². The van der Waals surface area contributed by atoms with Crippen LogP contribution < -0.4 is 5.32 Å². The molecule has 0 aromatic heterocycles. The summed E-state index contributed by atoms with van der Waals surface area (Å²) in [4.78, 5) is 10.3. The first kappa shape index (κ1) is 14.8. The molecule has 4 nitrogen and oxygen atoms in total. The van der Waals surface area contributed by atoms with Crippen molar-refractivity contribution in [1.29, 1.82) is 0 Å². The van der Waals surface area contributed by atoms with Gasteiger partial charge in [0.25, 0.3) is 5.69 Å². The van der Waals surface area contributed by atoms with E-state index in [1.54, 1.807) is 18.2 Å². The minimum absolute atomic E-state index is 0.146. The van der Waals surface area contributed by atoms with Crippen LogP contribution in [-0.4, -0.2) is 22.5 Å². The van der Waals surface area contributed by atoms with E-state index in [4.69, 9.17) is 0 Å². The zero-order valence-electron chi connectivity index (χ0n) is 11.1. The fourth-order valence-corrected chi connectivity index (χ4v) is 2.47. The number of aryl methyl sites for hydroxylation is 1. The zero-order chi connectivity index (χ0) is 13.5. The number of nitrogens with zero attached hydrogens (tertiary/aromatic N) is 1. The van der Waals surface area contributed by atoms with Gasteiger partial charge in [0.2, 0.25) is 0 Å². The Morgan fingerprint density at radius 3 is 2.78 bits per heavy atom. The molecule has 0 aliphatic rings. The van der Waals surface area contributed by atoms with Crippen LogP contribution in [0.4, 0.5) is 11.4 Å². The Morgan fingerprint density at radius 2 is 2.22 bits per heavy atom. The van der Waals surface area contributed by atoms with Gasteiger partial charge < -0.3 is 5.32 Å². The molecule has 0 aliphatic heterocycles. The van der Waals surface area contributed by atoms with Crippen molar-refractivity contribution in [2.45, 2.75) is 33.2 Å². The highest BCUT2D eigenvalue weighted by molar-refractivity contribution is 7.99. The van der Waals surface area contributed by atoms with E-state index in [9.17, 15) is 10.1 Å². The Balaban J connectivity index is 2.59. The lowest BCUT2D eigenvalue weighted by Crippen LogP contribution is -2.16. The second-order valence-electron chi connectivity index (χ2n) is 4.29. The second kappa shape index (κ2) is 7.26. The van der Waals surface area contributed by atoms with E-state index in [0.717, 1.165) is 29.2 Å². The summed E-state index contributed by atoms with van der Waals surface area (Å²) < 4.78 is 0. The largest absolute Gasteiger partial charge is 0.382 e. The van der Waals surface area contributed by atoms with Crippen LogP contribution in [0.2, 0.25) is 0 Å². The first-order valence-electron chi connectivity index (χ1n) is 6.14. The summed E-state index contributed by atoms with van der Waals surface area (Å²) in [7, 11) is 0. The SMILES string of the molecule is CCSCCC(C)Nc1ccc([N+](=O)[O-])cc1C. The summed E-state index contributed by atoms with van der Waals surface area (Å²) in [5.74, 6) is 2.28. The highest BCUT2D eigenvalue weighted by atomic mass is 32.2. The fourth-order valence-electron chi connectivity index (χ4n) is 1.67. The van der Waals surface area contributed by atoms with Crippen molar-refractivity contribution >= 4 is 23.1 Å². The van der Waals surface area contributed by atoms with Crippen LogP contribution in [0.5, 0.6) is 0 Å². The van der Waals surface area contributed by atoms with Crippen molar-refractivity contribution < 1.29 is 4.92 Å². The van der Waals surface area contributed by atoms with E-state index >= 15 is 0 Å². The minimum atomic E-state index is -0.363. The summed E-state index contributed by atoms with van der Waals surface area (Å²) in [5, 5.41) is 14.0. The van der Waals surface area contributed by atoms with E-state index in [1.165, 1.54) is 0 Å². The van der Waals surface area contributed by atoms with Crippen molar-refractivity contribution in [2.24, 2.45) is 0 Å². The molecule has 1 atom stereocenters. The molecule has 1 unspecified atom stereocenters. The van der Waals surface area contributed by atoms with Gasteiger partial charge in [-0.05, 0) is 43.4 Å². The third-order valence-corrected chi connectivity index (χ3v) is 3.65. The maximum Gasteiger partial charge on any atom is 0.269 e. The second-order valence-corrected chi connectivity index (χ2v) is 5.68. The van der Waals surface area contributed by atoms with Gasteiger partial charge in [0, 0.05) is 23.9 Å². The molecule has 1 aromatic rings. The lowest BCUT2D eigenvalue weighted by Gasteiger charge is -2.16. The van der Waals surface area contributed by atoms with Gasteiger partial charge in [-0.15, -0.1) is 0 Å². The Bertz CT molecular complexity index is 410. The number of rotatable bonds is 7. The number of anilines is 1. The Hall–Kier alpha value is -1.23. The van der Waals surface area contributed by atoms with Crippen molar-refractivity contribution in [1.82, 2.24) is 0 Å². The van der Waals surface area contributed by atoms with Gasteiger partial charge in [-0.1, -0.05) is 6.92 Å². The molecule has 0 amide bonds. The van der Waals surface area contributed by atoms with E-state index in [1.807, 2.05) is 18.7 Å². The van der Waals surface area contributed by atoms with Crippen LogP contribution in [0.15, 0.2) is 18.2 Å². The quantitative estimate of drug-likeness (QED) is 0.463. The van der Waals surface area contributed by atoms with Gasteiger partial charge in [-0.2, -0.15) is 11.8 Å². The molecular formula is C13H20N2O2S. The average molecular weight is 268 g/mol. The van der Waals surface area contributed by atoms with E-state index in [2.05, 4.69) is 19.2 Å². The molecule has 1 aromatic carbocycles. The van der Waals surface area contributed by atoms with E-state index in [0.29, 0.717) is 6.04 Å². The normalized spacial score (nSPS) is 12.2. The van der Waals surface area contributed by atoms with Crippen LogP contribution in [0.25, 0.3) is 0 Å². The number of nitro groups is 1. The number of nitro benzene ring substituents is 1. The first-order valence-corrected chi connectivity index (χ1v) is 7.29. The number of hydrogen-bond acceptors (Lipinski definition) is 4. The molecule has 0 saturated heterocycles. The van der Waals surface area contributed by atoms with Gasteiger partial charge >= 0.3 is 0 Å². The van der Waals surface area contributed by atoms with Gasteiger partial charge in [0.1, 0.15) is 0 Å². The number of nitrogens with one attached hydrogen (secondary N) is 1. The smallest absolute Gasteiger partial charge is 0.269 e. The zero-order valence-corrected chi connectivity index (χ0v) is 11.9. The van der Waals surface area contributed by atoms with Gasteiger partial charge in [-0.25, -0.2) is 0 Å². The Morgan fingerprint density at radius 1 is 1.50 bits per heavy atom. The molecular weight excluding hydrogens is 248 g/mol. The molecule has 0 spiro atoms. The van der Waals surface area contributed by atoms with Crippen LogP contribution in [0, 0.1) is 17.0 Å². The number of thioether (sulfide) groups is 1. The number of non-ortho nitro benzene ring substituents is 1. The number of benzene rings is 1. The van der Waals surface area contributed by atoms with Gasteiger partial charge in [0.15, 0.2) is 0 Å². The molecule has 0 radical (unpaired) electrons. The predicted octanol–water partition coefficient (Wildman–Crippen LogP) is 3.85. The highest BCUT2D eigenvalue weighted by Gasteiger charge is 2.09. The standard InChI is InChI=1S/C13H20N2O2S/c1-4-18-8-7-11(3)14-13-6-5-12(15(16)17)9-10(13)2/h5-6,9,11,14H,4,7-8H2,1-3H3. The van der Waals surface area contributed by atoms with Crippen molar-refractivity contribution in [3.05, 3.63) is 33.9 Å². The molecule has 0 heterocycles. The van der Waals surface area contributed by atoms with Crippen molar-refractivity contribution in [3.8, 4) is 0 Å². The maximum atomic E-state index is 10.6. The lowest BCUT2D eigenvalue weighted by molar-refractivity contribution is -0.384. The molecule has 0 saturated carbocycles.